The van der Waals surface area contributed by atoms with E-state index in [1.807, 2.05) is 0 Å². The maximum atomic E-state index is 13.0. The van der Waals surface area contributed by atoms with Crippen LogP contribution in [0.3, 0.4) is 0 Å². The van der Waals surface area contributed by atoms with E-state index >= 15 is 0 Å². The number of rotatable bonds is 9. The Balaban J connectivity index is 1.32. The zero-order chi connectivity index (χ0) is 27.3. The molecule has 1 atom stereocenters. The molecule has 2 aromatic carbocycles. The van der Waals surface area contributed by atoms with Crippen LogP contribution in [0.25, 0.3) is 0 Å². The lowest BCUT2D eigenvalue weighted by atomic mass is 10.0. The summed E-state index contributed by atoms with van der Waals surface area (Å²) in [6.07, 6.45) is -1.70. The molecule has 1 unspecified atom stereocenters. The van der Waals surface area contributed by atoms with Gasteiger partial charge >= 0.3 is 6.18 Å². The van der Waals surface area contributed by atoms with E-state index in [9.17, 15) is 26.4 Å². The molecule has 1 amide bonds. The number of benzene rings is 2. The van der Waals surface area contributed by atoms with Crippen molar-refractivity contribution >= 4 is 38.9 Å². The normalized spacial score (nSPS) is 16.9. The Morgan fingerprint density at radius 3 is 2.42 bits per heavy atom. The van der Waals surface area contributed by atoms with Gasteiger partial charge in [-0.05, 0) is 73.5 Å². The predicted octanol–water partition coefficient (Wildman–Crippen LogP) is 5.68. The Morgan fingerprint density at radius 1 is 1.03 bits per heavy atom. The van der Waals surface area contributed by atoms with Crippen molar-refractivity contribution in [3.05, 3.63) is 87.3 Å². The number of halogens is 4. The highest BCUT2D eigenvalue weighted by Gasteiger charge is 2.30. The van der Waals surface area contributed by atoms with Gasteiger partial charge in [-0.25, -0.2) is 13.1 Å². The number of amides is 1. The van der Waals surface area contributed by atoms with Crippen molar-refractivity contribution < 1.29 is 26.4 Å². The molecule has 1 fully saturated rings. The van der Waals surface area contributed by atoms with Gasteiger partial charge in [0.1, 0.15) is 4.21 Å². The van der Waals surface area contributed by atoms with Gasteiger partial charge in [0.2, 0.25) is 10.0 Å². The van der Waals surface area contributed by atoms with Gasteiger partial charge in [-0.1, -0.05) is 30.2 Å². The molecule has 1 aliphatic rings. The number of sulfonamides is 1. The lowest BCUT2D eigenvalue weighted by Gasteiger charge is -2.35. The number of nitrogens with one attached hydrogen (secondary N) is 2. The first-order valence-electron chi connectivity index (χ1n) is 12.0. The molecule has 38 heavy (non-hydrogen) atoms. The average molecular weight is 586 g/mol. The molecule has 2 heterocycles. The largest absolute Gasteiger partial charge is 0.416 e. The molecule has 12 heteroatoms. The molecule has 0 saturated carbocycles. The fourth-order valence-corrected chi connectivity index (χ4v) is 6.82. The van der Waals surface area contributed by atoms with Crippen molar-refractivity contribution in [2.75, 3.05) is 13.1 Å². The Morgan fingerprint density at radius 2 is 1.74 bits per heavy atom. The highest BCUT2D eigenvalue weighted by molar-refractivity contribution is 7.91. The summed E-state index contributed by atoms with van der Waals surface area (Å²) >= 11 is 6.92. The highest BCUT2D eigenvalue weighted by atomic mass is 35.5. The molecule has 0 radical (unpaired) electrons. The van der Waals surface area contributed by atoms with Gasteiger partial charge in [0, 0.05) is 34.6 Å². The van der Waals surface area contributed by atoms with Crippen LogP contribution in [0.2, 0.25) is 5.02 Å². The first-order chi connectivity index (χ1) is 18.0. The van der Waals surface area contributed by atoms with Crippen LogP contribution in [0.15, 0.2) is 64.9 Å². The Labute approximate surface area is 228 Å². The van der Waals surface area contributed by atoms with Crippen LogP contribution in [0.4, 0.5) is 13.2 Å². The minimum Gasteiger partial charge on any atom is -0.347 e. The number of hydrogen-bond acceptors (Lipinski definition) is 5. The molecular formula is C26H27ClF3N3O3S2. The van der Waals surface area contributed by atoms with Crippen molar-refractivity contribution in [2.24, 2.45) is 0 Å². The number of hydrogen-bond donors (Lipinski definition) is 2. The number of carbonyl (C=O) groups is 1. The van der Waals surface area contributed by atoms with Gasteiger partial charge in [-0.3, -0.25) is 9.69 Å². The van der Waals surface area contributed by atoms with E-state index in [1.165, 1.54) is 18.2 Å². The van der Waals surface area contributed by atoms with E-state index in [2.05, 4.69) is 14.9 Å². The number of nitrogens with zero attached hydrogens (tertiary/aromatic N) is 1. The van der Waals surface area contributed by atoms with Crippen molar-refractivity contribution in [3.8, 4) is 0 Å². The lowest BCUT2D eigenvalue weighted by Crippen LogP contribution is -2.46. The molecule has 204 valence electrons. The number of piperidine rings is 1. The first-order valence-corrected chi connectivity index (χ1v) is 14.7. The lowest BCUT2D eigenvalue weighted by molar-refractivity contribution is -0.137. The summed E-state index contributed by atoms with van der Waals surface area (Å²) in [5.74, 6) is -0.289. The minimum atomic E-state index is -4.38. The summed E-state index contributed by atoms with van der Waals surface area (Å²) < 4.78 is 67.3. The van der Waals surface area contributed by atoms with Crippen LogP contribution < -0.4 is 10.0 Å². The molecule has 0 aliphatic carbocycles. The number of alkyl halides is 3. The summed E-state index contributed by atoms with van der Waals surface area (Å²) in [5, 5.41) is 3.29. The molecule has 0 spiro atoms. The third kappa shape index (κ3) is 7.57. The molecule has 2 N–H and O–H groups in total. The van der Waals surface area contributed by atoms with Crippen LogP contribution >= 0.6 is 22.9 Å². The van der Waals surface area contributed by atoms with Crippen LogP contribution in [0.1, 0.15) is 45.6 Å². The van der Waals surface area contributed by atoms with Gasteiger partial charge in [-0.15, -0.1) is 11.3 Å². The second-order valence-corrected chi connectivity index (χ2v) is 12.7. The second-order valence-electron chi connectivity index (χ2n) is 9.08. The summed E-state index contributed by atoms with van der Waals surface area (Å²) in [6.45, 7) is 1.57. The smallest absolute Gasteiger partial charge is 0.347 e. The summed E-state index contributed by atoms with van der Waals surface area (Å²) in [7, 11) is -3.76. The Hall–Kier alpha value is -2.44. The van der Waals surface area contributed by atoms with Crippen LogP contribution in [-0.4, -0.2) is 38.4 Å². The fraction of sp³-hybridized carbons (Fsp3) is 0.346. The second kappa shape index (κ2) is 12.2. The maximum Gasteiger partial charge on any atom is 0.416 e. The predicted molar refractivity (Wildman–Crippen MR) is 142 cm³/mol. The number of thiophene rings is 1. The summed E-state index contributed by atoms with van der Waals surface area (Å²) in [4.78, 5) is 15.1. The van der Waals surface area contributed by atoms with E-state index in [1.54, 1.807) is 30.3 Å². The van der Waals surface area contributed by atoms with Gasteiger partial charge in [-0.2, -0.15) is 13.2 Å². The zero-order valence-corrected chi connectivity index (χ0v) is 22.7. The Kier molecular flexibility index (Phi) is 9.15. The molecule has 6 nitrogen and oxygen atoms in total. The molecule has 1 saturated heterocycles. The number of likely N-dealkylation sites (tertiary alicyclic amines) is 1. The average Bonchev–Trinajstić information content (AvgIpc) is 3.37. The van der Waals surface area contributed by atoms with E-state index in [0.29, 0.717) is 22.0 Å². The third-order valence-electron chi connectivity index (χ3n) is 6.36. The quantitative estimate of drug-likeness (QED) is 0.339. The van der Waals surface area contributed by atoms with Gasteiger partial charge in [0.25, 0.3) is 5.91 Å². The minimum absolute atomic E-state index is 0.0704. The summed E-state index contributed by atoms with van der Waals surface area (Å²) in [6, 6.07) is 14.6. The van der Waals surface area contributed by atoms with Crippen LogP contribution in [0.5, 0.6) is 0 Å². The van der Waals surface area contributed by atoms with Gasteiger partial charge < -0.3 is 5.32 Å². The van der Waals surface area contributed by atoms with Crippen LogP contribution in [-0.2, 0) is 29.3 Å². The van der Waals surface area contributed by atoms with Crippen molar-refractivity contribution in [3.63, 3.8) is 0 Å². The third-order valence-corrected chi connectivity index (χ3v) is 9.61. The highest BCUT2D eigenvalue weighted by Crippen LogP contribution is 2.30. The van der Waals surface area contributed by atoms with Crippen molar-refractivity contribution in [1.29, 1.82) is 0 Å². The van der Waals surface area contributed by atoms with E-state index in [0.717, 1.165) is 54.8 Å². The maximum absolute atomic E-state index is 13.0. The van der Waals surface area contributed by atoms with E-state index < -0.39 is 21.8 Å². The SMILES string of the molecule is O=C(NCc1ccc(S(=O)(=O)NCC2CCCCN2Cc2ccc(C(F)(F)F)cc2)s1)c1ccc(Cl)cc1. The first kappa shape index (κ1) is 28.6. The van der Waals surface area contributed by atoms with E-state index in [4.69, 9.17) is 11.6 Å². The monoisotopic (exact) mass is 585 g/mol. The molecule has 0 bridgehead atoms. The van der Waals surface area contributed by atoms with Gasteiger partial charge in [0.05, 0.1) is 12.1 Å². The molecule has 3 aromatic rings. The zero-order valence-electron chi connectivity index (χ0n) is 20.3. The van der Waals surface area contributed by atoms with Crippen LogP contribution in [0, 0.1) is 0 Å². The fourth-order valence-electron chi connectivity index (χ4n) is 4.28. The molecule has 1 aromatic heterocycles. The molecular weight excluding hydrogens is 559 g/mol. The molecule has 4 rings (SSSR count). The van der Waals surface area contributed by atoms with Gasteiger partial charge in [0.15, 0.2) is 0 Å². The standard InChI is InChI=1S/C26H27ClF3N3O3S2/c27-21-10-6-19(7-11-21)25(34)31-16-23-12-13-24(37-23)38(35,36)32-15-22-3-1-2-14-33(22)17-18-4-8-20(9-5-18)26(28,29)30/h4-13,22,32H,1-3,14-17H2,(H,31,34). The van der Waals surface area contributed by atoms with E-state index in [-0.39, 0.29) is 29.2 Å². The number of carbonyl (C=O) groups excluding carboxylic acids is 1. The topological polar surface area (TPSA) is 78.5 Å². The summed E-state index contributed by atoms with van der Waals surface area (Å²) in [5.41, 5.74) is 0.508. The molecule has 1 aliphatic heterocycles. The van der Waals surface area contributed by atoms with Crippen molar-refractivity contribution in [2.45, 2.75) is 48.8 Å². The van der Waals surface area contributed by atoms with Crippen molar-refractivity contribution in [1.82, 2.24) is 14.9 Å². The Bertz CT molecular complexity index is 1340.